The summed E-state index contributed by atoms with van der Waals surface area (Å²) in [4.78, 5) is 16.4. The van der Waals surface area contributed by atoms with Gasteiger partial charge >= 0.3 is 0 Å². The first-order chi connectivity index (χ1) is 10.8. The average molecular weight is 336 g/mol. The van der Waals surface area contributed by atoms with E-state index in [1.54, 1.807) is 31.2 Å². The van der Waals surface area contributed by atoms with Crippen LogP contribution in [0.25, 0.3) is 11.4 Å². The van der Waals surface area contributed by atoms with Crippen molar-refractivity contribution in [1.29, 1.82) is 0 Å². The molecule has 1 amide bonds. The van der Waals surface area contributed by atoms with Crippen LogP contribution in [0.2, 0.25) is 0 Å². The summed E-state index contributed by atoms with van der Waals surface area (Å²) in [6, 6.07) is 5.85. The number of H-pyrrole nitrogens is 1. The lowest BCUT2D eigenvalue weighted by Crippen LogP contribution is -2.42. The molecule has 1 fully saturated rings. The summed E-state index contributed by atoms with van der Waals surface area (Å²) in [6.45, 7) is 1.79. The number of hydrogen-bond acceptors (Lipinski definition) is 6. The molecule has 1 aromatic carbocycles. The number of aromatic nitrogens is 3. The molecule has 3 N–H and O–H groups in total. The monoisotopic (exact) mass is 336 g/mol. The van der Waals surface area contributed by atoms with E-state index in [1.807, 2.05) is 0 Å². The van der Waals surface area contributed by atoms with E-state index in [1.165, 1.54) is 0 Å². The van der Waals surface area contributed by atoms with Crippen LogP contribution in [0.5, 0.6) is 0 Å². The van der Waals surface area contributed by atoms with E-state index in [2.05, 4.69) is 20.5 Å². The second kappa shape index (κ2) is 5.74. The normalized spacial score (nSPS) is 22.9. The third kappa shape index (κ3) is 3.40. The molecule has 2 atom stereocenters. The Hall–Kier alpha value is -2.26. The molecule has 23 heavy (non-hydrogen) atoms. The van der Waals surface area contributed by atoms with Crippen LogP contribution in [-0.2, 0) is 9.84 Å². The predicted molar refractivity (Wildman–Crippen MR) is 82.5 cm³/mol. The molecule has 0 bridgehead atoms. The van der Waals surface area contributed by atoms with Crippen LogP contribution in [0.15, 0.2) is 24.3 Å². The van der Waals surface area contributed by atoms with E-state index in [4.69, 9.17) is 0 Å². The third-order valence-corrected chi connectivity index (χ3v) is 5.36. The summed E-state index contributed by atoms with van der Waals surface area (Å²) < 4.78 is 22.9. The van der Waals surface area contributed by atoms with Crippen molar-refractivity contribution in [3.63, 3.8) is 0 Å². The number of carbonyl (C=O) groups is 1. The Labute approximate surface area is 132 Å². The van der Waals surface area contributed by atoms with E-state index in [0.29, 0.717) is 17.2 Å². The van der Waals surface area contributed by atoms with Gasteiger partial charge in [-0.25, -0.2) is 13.4 Å². The molecule has 0 aliphatic carbocycles. The number of rotatable bonds is 3. The zero-order chi connectivity index (χ0) is 16.6. The van der Waals surface area contributed by atoms with E-state index in [0.717, 1.165) is 5.56 Å². The topological polar surface area (TPSA) is 125 Å². The summed E-state index contributed by atoms with van der Waals surface area (Å²) in [5.41, 5.74) is 1.13. The average Bonchev–Trinajstić information content (AvgIpc) is 3.02. The van der Waals surface area contributed by atoms with Crippen LogP contribution in [0.4, 0.5) is 0 Å². The van der Waals surface area contributed by atoms with Gasteiger partial charge in [0.25, 0.3) is 5.91 Å². The van der Waals surface area contributed by atoms with Gasteiger partial charge in [0.2, 0.25) is 0 Å². The number of aromatic amines is 1. The number of benzene rings is 1. The van der Waals surface area contributed by atoms with Gasteiger partial charge in [-0.3, -0.25) is 9.89 Å². The molecule has 1 saturated heterocycles. The first-order valence-electron chi connectivity index (χ1n) is 7.03. The zero-order valence-electron chi connectivity index (χ0n) is 12.4. The molecule has 2 aromatic rings. The molecule has 0 spiro atoms. The third-order valence-electron chi connectivity index (χ3n) is 3.64. The van der Waals surface area contributed by atoms with E-state index < -0.39 is 27.9 Å². The summed E-state index contributed by atoms with van der Waals surface area (Å²) in [7, 11) is -3.30. The molecule has 8 nitrogen and oxygen atoms in total. The minimum absolute atomic E-state index is 0.242. The van der Waals surface area contributed by atoms with E-state index in [9.17, 15) is 18.3 Å². The molecule has 0 saturated carbocycles. The van der Waals surface area contributed by atoms with Crippen LogP contribution in [0.1, 0.15) is 16.2 Å². The van der Waals surface area contributed by atoms with E-state index >= 15 is 0 Å². The number of hydrogen-bond donors (Lipinski definition) is 3. The van der Waals surface area contributed by atoms with Crippen molar-refractivity contribution in [2.24, 2.45) is 0 Å². The van der Waals surface area contributed by atoms with Crippen molar-refractivity contribution in [2.45, 2.75) is 19.1 Å². The smallest absolute Gasteiger partial charge is 0.251 e. The molecule has 3 rings (SSSR count). The number of carbonyl (C=O) groups excluding carboxylic acids is 1. The Morgan fingerprint density at radius 1 is 1.30 bits per heavy atom. The maximum absolute atomic E-state index is 12.2. The van der Waals surface area contributed by atoms with Gasteiger partial charge in [0.1, 0.15) is 5.82 Å². The molecule has 0 unspecified atom stereocenters. The van der Waals surface area contributed by atoms with Gasteiger partial charge in [-0.05, 0) is 19.1 Å². The van der Waals surface area contributed by atoms with Crippen molar-refractivity contribution >= 4 is 15.7 Å². The van der Waals surface area contributed by atoms with Crippen molar-refractivity contribution in [1.82, 2.24) is 20.5 Å². The van der Waals surface area contributed by atoms with Gasteiger partial charge in [0, 0.05) is 11.1 Å². The van der Waals surface area contributed by atoms with E-state index in [-0.39, 0.29) is 11.5 Å². The van der Waals surface area contributed by atoms with Gasteiger partial charge in [-0.1, -0.05) is 12.1 Å². The molecule has 9 heteroatoms. The van der Waals surface area contributed by atoms with Gasteiger partial charge in [0.15, 0.2) is 15.7 Å². The summed E-state index contributed by atoms with van der Waals surface area (Å²) in [5.74, 6) is 0.240. The minimum Gasteiger partial charge on any atom is -0.390 e. The lowest BCUT2D eigenvalue weighted by molar-refractivity contribution is 0.0889. The molecule has 1 aliphatic heterocycles. The number of aryl methyl sites for hydroxylation is 1. The highest BCUT2D eigenvalue weighted by atomic mass is 32.2. The summed E-state index contributed by atoms with van der Waals surface area (Å²) >= 11 is 0. The summed E-state index contributed by atoms with van der Waals surface area (Å²) in [6.07, 6.45) is -1.07. The van der Waals surface area contributed by atoms with Crippen molar-refractivity contribution in [2.75, 3.05) is 11.5 Å². The highest BCUT2D eigenvalue weighted by Gasteiger charge is 2.37. The number of aliphatic hydroxyl groups excluding tert-OH is 1. The fourth-order valence-electron chi connectivity index (χ4n) is 2.46. The van der Waals surface area contributed by atoms with Crippen LogP contribution >= 0.6 is 0 Å². The maximum Gasteiger partial charge on any atom is 0.251 e. The maximum atomic E-state index is 12.2. The number of amides is 1. The number of nitrogens with one attached hydrogen (secondary N) is 2. The molecule has 0 radical (unpaired) electrons. The molecule has 2 heterocycles. The second-order valence-corrected chi connectivity index (χ2v) is 7.70. The quantitative estimate of drug-likeness (QED) is 0.705. The molecule has 122 valence electrons. The van der Waals surface area contributed by atoms with Crippen LogP contribution in [0, 0.1) is 6.92 Å². The van der Waals surface area contributed by atoms with Crippen LogP contribution in [0.3, 0.4) is 0 Å². The van der Waals surface area contributed by atoms with Gasteiger partial charge in [-0.15, -0.1) is 0 Å². The number of nitrogens with zero attached hydrogens (tertiary/aromatic N) is 2. The van der Waals surface area contributed by atoms with Gasteiger partial charge < -0.3 is 10.4 Å². The standard InChI is InChI=1S/C14H16N4O4S/c1-8-15-13(18-17-8)9-2-4-10(5-3-9)14(20)16-11-6-23(21,22)7-12(11)19/h2-5,11-12,19H,6-7H2,1H3,(H,16,20)(H,15,17,18)/t11-,12-/m1/s1. The van der Waals surface area contributed by atoms with Crippen LogP contribution < -0.4 is 5.32 Å². The second-order valence-electron chi connectivity index (χ2n) is 5.55. The summed E-state index contributed by atoms with van der Waals surface area (Å²) in [5, 5.41) is 19.0. The predicted octanol–water partition coefficient (Wildman–Crippen LogP) is -0.332. The Balaban J connectivity index is 1.71. The zero-order valence-corrected chi connectivity index (χ0v) is 13.2. The molecule has 1 aromatic heterocycles. The first kappa shape index (κ1) is 15.6. The molecular formula is C14H16N4O4S. The fraction of sp³-hybridized carbons (Fsp3) is 0.357. The number of aliphatic hydroxyl groups is 1. The Morgan fingerprint density at radius 3 is 2.52 bits per heavy atom. The Bertz CT molecular complexity index is 829. The molecular weight excluding hydrogens is 320 g/mol. The lowest BCUT2D eigenvalue weighted by Gasteiger charge is -2.14. The highest BCUT2D eigenvalue weighted by molar-refractivity contribution is 7.91. The first-order valence-corrected chi connectivity index (χ1v) is 8.85. The van der Waals surface area contributed by atoms with Crippen LogP contribution in [-0.4, -0.2) is 58.3 Å². The molecule has 1 aliphatic rings. The Kier molecular flexibility index (Phi) is 3.90. The van der Waals surface area contributed by atoms with Crippen molar-refractivity contribution < 1.29 is 18.3 Å². The van der Waals surface area contributed by atoms with Gasteiger partial charge in [-0.2, -0.15) is 5.10 Å². The SMILES string of the molecule is Cc1nc(-c2ccc(C(=O)N[C@@H]3CS(=O)(=O)C[C@H]3O)cc2)n[nH]1. The minimum atomic E-state index is -3.30. The van der Waals surface area contributed by atoms with Crippen molar-refractivity contribution in [3.8, 4) is 11.4 Å². The van der Waals surface area contributed by atoms with Crippen molar-refractivity contribution in [3.05, 3.63) is 35.7 Å². The fourth-order valence-corrected chi connectivity index (χ4v) is 4.20. The largest absolute Gasteiger partial charge is 0.390 e. The number of sulfone groups is 1. The highest BCUT2D eigenvalue weighted by Crippen LogP contribution is 2.17. The Morgan fingerprint density at radius 2 is 2.00 bits per heavy atom. The lowest BCUT2D eigenvalue weighted by atomic mass is 10.1. The van der Waals surface area contributed by atoms with Gasteiger partial charge in [0.05, 0.1) is 23.7 Å².